The van der Waals surface area contributed by atoms with E-state index in [2.05, 4.69) is 0 Å². The van der Waals surface area contributed by atoms with Crippen molar-refractivity contribution in [3.63, 3.8) is 0 Å². The Kier molecular flexibility index (Phi) is 7.21. The third kappa shape index (κ3) is 5.71. The summed E-state index contributed by atoms with van der Waals surface area (Å²) >= 11 is 0. The summed E-state index contributed by atoms with van der Waals surface area (Å²) in [4.78, 5) is 26.4. The van der Waals surface area contributed by atoms with Crippen LogP contribution in [0.4, 0.5) is 18.9 Å². The molecule has 3 aromatic rings. The van der Waals surface area contributed by atoms with Crippen LogP contribution in [0.1, 0.15) is 45.8 Å². The molecule has 2 atom stereocenters. The highest BCUT2D eigenvalue weighted by Crippen LogP contribution is 2.36. The fourth-order valence-corrected chi connectivity index (χ4v) is 4.32. The number of aromatic carboxylic acids is 1. The quantitative estimate of drug-likeness (QED) is 0.455. The second-order valence-electron chi connectivity index (χ2n) is 8.46. The molecule has 1 unspecified atom stereocenters. The number of ether oxygens (including phenoxy) is 1. The van der Waals surface area contributed by atoms with Crippen molar-refractivity contribution in [2.75, 3.05) is 11.5 Å². The Morgan fingerprint density at radius 3 is 2.20 bits per heavy atom. The maximum atomic E-state index is 13.6. The molecule has 8 heteroatoms. The van der Waals surface area contributed by atoms with Crippen LogP contribution in [0.5, 0.6) is 0 Å². The molecule has 1 N–H and O–H groups in total. The van der Waals surface area contributed by atoms with E-state index in [-0.39, 0.29) is 24.1 Å². The van der Waals surface area contributed by atoms with Gasteiger partial charge in [0.25, 0.3) is 0 Å². The van der Waals surface area contributed by atoms with Gasteiger partial charge in [-0.2, -0.15) is 13.2 Å². The molecule has 182 valence electrons. The molecule has 35 heavy (non-hydrogen) atoms. The van der Waals surface area contributed by atoms with Crippen LogP contribution in [-0.2, 0) is 22.3 Å². The summed E-state index contributed by atoms with van der Waals surface area (Å²) in [5, 5.41) is 9.20. The van der Waals surface area contributed by atoms with Crippen molar-refractivity contribution < 1.29 is 32.6 Å². The first kappa shape index (κ1) is 24.5. The molecule has 1 saturated heterocycles. The summed E-state index contributed by atoms with van der Waals surface area (Å²) in [5.41, 5.74) is 1.35. The van der Waals surface area contributed by atoms with Gasteiger partial charge in [0, 0.05) is 5.69 Å². The number of carbonyl (C=O) groups excluding carboxylic acids is 1. The number of hydrogen-bond donors (Lipinski definition) is 1. The number of piperidine rings is 1. The molecule has 0 saturated carbocycles. The Labute approximate surface area is 200 Å². The van der Waals surface area contributed by atoms with Crippen LogP contribution >= 0.6 is 0 Å². The molecule has 1 aliphatic heterocycles. The highest BCUT2D eigenvalue weighted by atomic mass is 19.4. The summed E-state index contributed by atoms with van der Waals surface area (Å²) in [7, 11) is 0. The third-order valence-corrected chi connectivity index (χ3v) is 6.14. The molecule has 4 rings (SSSR count). The van der Waals surface area contributed by atoms with Crippen molar-refractivity contribution in [2.24, 2.45) is 0 Å². The van der Waals surface area contributed by atoms with Crippen LogP contribution in [0.2, 0.25) is 0 Å². The van der Waals surface area contributed by atoms with Gasteiger partial charge in [0.05, 0.1) is 36.3 Å². The molecular weight excluding hydrogens is 459 g/mol. The van der Waals surface area contributed by atoms with Crippen LogP contribution in [0, 0.1) is 0 Å². The van der Waals surface area contributed by atoms with Gasteiger partial charge in [-0.3, -0.25) is 4.79 Å². The van der Waals surface area contributed by atoms with E-state index in [1.54, 1.807) is 17.0 Å². The van der Waals surface area contributed by atoms with Gasteiger partial charge >= 0.3 is 12.1 Å². The predicted octanol–water partition coefficient (Wildman–Crippen LogP) is 5.90. The van der Waals surface area contributed by atoms with Crippen molar-refractivity contribution in [1.82, 2.24) is 0 Å². The van der Waals surface area contributed by atoms with Crippen molar-refractivity contribution in [3.05, 3.63) is 101 Å². The maximum absolute atomic E-state index is 13.6. The van der Waals surface area contributed by atoms with Gasteiger partial charge < -0.3 is 14.7 Å². The molecule has 1 amide bonds. The minimum absolute atomic E-state index is 0.0920. The second kappa shape index (κ2) is 10.3. The Hall–Kier alpha value is -3.65. The van der Waals surface area contributed by atoms with E-state index < -0.39 is 23.6 Å². The van der Waals surface area contributed by atoms with Crippen LogP contribution < -0.4 is 4.90 Å². The molecule has 0 aliphatic carbocycles. The fraction of sp³-hybridized carbons (Fsp3) is 0.259. The number of nitrogens with zero attached hydrogens (tertiary/aromatic N) is 1. The Morgan fingerprint density at radius 1 is 0.943 bits per heavy atom. The monoisotopic (exact) mass is 483 g/mol. The average Bonchev–Trinajstić information content (AvgIpc) is 2.84. The van der Waals surface area contributed by atoms with Crippen molar-refractivity contribution >= 4 is 17.6 Å². The number of halogens is 3. The number of amides is 1. The van der Waals surface area contributed by atoms with Crippen molar-refractivity contribution in [1.29, 1.82) is 0 Å². The Balaban J connectivity index is 1.57. The lowest BCUT2D eigenvalue weighted by molar-refractivity contribution is -0.137. The lowest BCUT2D eigenvalue weighted by Crippen LogP contribution is -2.49. The molecule has 1 fully saturated rings. The highest BCUT2D eigenvalue weighted by molar-refractivity contribution is 6.00. The minimum atomic E-state index is -4.45. The predicted molar refractivity (Wildman–Crippen MR) is 124 cm³/mol. The number of benzene rings is 3. The Bertz CT molecular complexity index is 1160. The van der Waals surface area contributed by atoms with Gasteiger partial charge in [-0.1, -0.05) is 42.5 Å². The van der Waals surface area contributed by atoms with Crippen molar-refractivity contribution in [2.45, 2.75) is 37.6 Å². The van der Waals surface area contributed by atoms with Gasteiger partial charge in [0.1, 0.15) is 0 Å². The standard InChI is InChI=1S/C27H24F3NO4/c28-27(29,30)21-10-6-19(7-11-21)24-15-14-23(17-35-16-18-4-2-1-3-5-18)31(25(24)32)22-12-8-20(9-13-22)26(33)34/h1-13,23-24H,14-17H2,(H,33,34)/t23-,24?/m0/s1. The molecule has 5 nitrogen and oxygen atoms in total. The van der Waals surface area contributed by atoms with Crippen LogP contribution in [0.3, 0.4) is 0 Å². The summed E-state index contributed by atoms with van der Waals surface area (Å²) in [6.45, 7) is 0.640. The second-order valence-corrected chi connectivity index (χ2v) is 8.46. The lowest BCUT2D eigenvalue weighted by atomic mass is 9.85. The third-order valence-electron chi connectivity index (χ3n) is 6.14. The average molecular weight is 483 g/mol. The minimum Gasteiger partial charge on any atom is -0.478 e. The van der Waals surface area contributed by atoms with Crippen LogP contribution in [0.15, 0.2) is 78.9 Å². The zero-order valence-electron chi connectivity index (χ0n) is 18.7. The van der Waals surface area contributed by atoms with E-state index >= 15 is 0 Å². The zero-order chi connectivity index (χ0) is 25.0. The number of carboxylic acid groups (broad SMARTS) is 1. The molecule has 0 radical (unpaired) electrons. The number of alkyl halides is 3. The summed E-state index contributed by atoms with van der Waals surface area (Å²) in [6, 6.07) is 20.0. The highest BCUT2D eigenvalue weighted by Gasteiger charge is 2.38. The number of anilines is 1. The first-order valence-electron chi connectivity index (χ1n) is 11.2. The first-order chi connectivity index (χ1) is 16.7. The molecular formula is C27H24F3NO4. The van der Waals surface area contributed by atoms with Gasteiger partial charge in [0.15, 0.2) is 0 Å². The van der Waals surface area contributed by atoms with E-state index in [1.165, 1.54) is 24.3 Å². The molecule has 0 bridgehead atoms. The molecule has 0 spiro atoms. The number of carboxylic acids is 1. The van der Waals surface area contributed by atoms with Gasteiger partial charge in [-0.25, -0.2) is 4.79 Å². The Morgan fingerprint density at radius 2 is 1.60 bits per heavy atom. The number of carbonyl (C=O) groups is 2. The first-order valence-corrected chi connectivity index (χ1v) is 11.2. The summed E-state index contributed by atoms with van der Waals surface area (Å²) in [6.07, 6.45) is -3.41. The van der Waals surface area contributed by atoms with Crippen LogP contribution in [-0.4, -0.2) is 29.6 Å². The summed E-state index contributed by atoms with van der Waals surface area (Å²) < 4.78 is 44.8. The van der Waals surface area contributed by atoms with Crippen molar-refractivity contribution in [3.8, 4) is 0 Å². The van der Waals surface area contributed by atoms with Crippen LogP contribution in [0.25, 0.3) is 0 Å². The zero-order valence-corrected chi connectivity index (χ0v) is 18.7. The smallest absolute Gasteiger partial charge is 0.416 e. The van der Waals surface area contributed by atoms with E-state index in [0.29, 0.717) is 30.7 Å². The largest absolute Gasteiger partial charge is 0.478 e. The topological polar surface area (TPSA) is 66.8 Å². The SMILES string of the molecule is O=C(O)c1ccc(N2C(=O)C(c3ccc(C(F)(F)F)cc3)CC[C@H]2COCc2ccccc2)cc1. The molecule has 1 heterocycles. The van der Waals surface area contributed by atoms with Gasteiger partial charge in [-0.05, 0) is 60.4 Å². The van der Waals surface area contributed by atoms with E-state index in [4.69, 9.17) is 4.74 Å². The molecule has 1 aliphatic rings. The van der Waals surface area contributed by atoms with E-state index in [9.17, 15) is 27.9 Å². The van der Waals surface area contributed by atoms with Gasteiger partial charge in [-0.15, -0.1) is 0 Å². The lowest BCUT2D eigenvalue weighted by Gasteiger charge is -2.39. The van der Waals surface area contributed by atoms with Gasteiger partial charge in [0.2, 0.25) is 5.91 Å². The van der Waals surface area contributed by atoms with E-state index in [0.717, 1.165) is 17.7 Å². The fourth-order valence-electron chi connectivity index (χ4n) is 4.32. The molecule has 3 aromatic carbocycles. The normalized spacial score (nSPS) is 18.5. The number of hydrogen-bond acceptors (Lipinski definition) is 3. The summed E-state index contributed by atoms with van der Waals surface area (Å²) in [5.74, 6) is -1.94. The molecule has 0 aromatic heterocycles. The number of rotatable bonds is 7. The van der Waals surface area contributed by atoms with E-state index in [1.807, 2.05) is 30.3 Å². The maximum Gasteiger partial charge on any atom is 0.416 e.